The van der Waals surface area contributed by atoms with Crippen LogP contribution in [0.5, 0.6) is 0 Å². The van der Waals surface area contributed by atoms with Gasteiger partial charge in [-0.3, -0.25) is 9.59 Å². The third-order valence-corrected chi connectivity index (χ3v) is 7.42. The van der Waals surface area contributed by atoms with Crippen LogP contribution in [-0.4, -0.2) is 83.5 Å². The van der Waals surface area contributed by atoms with Gasteiger partial charge in [-0.15, -0.1) is 4.33 Å². The summed E-state index contributed by atoms with van der Waals surface area (Å²) in [5, 5.41) is 8.94. The summed E-state index contributed by atoms with van der Waals surface area (Å²) in [6.07, 6.45) is 1.67. The second kappa shape index (κ2) is 19.0. The summed E-state index contributed by atoms with van der Waals surface area (Å²) < 4.78 is 227. The number of halogens is 16. The highest BCUT2D eigenvalue weighted by Crippen LogP contribution is 2.62. The third kappa shape index (κ3) is 11.3. The number of alkyl halides is 16. The number of unbranched alkanes of at least 4 members (excludes halogenated alkanes) is 9. The fourth-order valence-corrected chi connectivity index (χ4v) is 4.20. The molecule has 0 aliphatic carbocycles. The minimum atomic E-state index is -8.61. The van der Waals surface area contributed by atoms with E-state index in [9.17, 15) is 79.8 Å². The third-order valence-electron chi connectivity index (χ3n) is 6.69. The first kappa shape index (κ1) is 47.0. The molecular formula is C25H32F16O7S. The normalized spacial score (nSPS) is 14.7. The summed E-state index contributed by atoms with van der Waals surface area (Å²) in [4.78, 5) is 24.1. The number of esters is 2. The van der Waals surface area contributed by atoms with E-state index in [1.165, 1.54) is 0 Å². The SMILES string of the molecule is CCCCCCCCCCCCOC(=O)CC(SOOO)C(=O)OCC(F)(F)C(F)(F)C(F)(F)C(F)(F)C(F)(F)C(F)(F)C(F)(F)C(F)F. The lowest BCUT2D eigenvalue weighted by molar-refractivity contribution is -0.447. The van der Waals surface area contributed by atoms with Crippen LogP contribution in [0.25, 0.3) is 0 Å². The zero-order valence-electron chi connectivity index (χ0n) is 25.2. The highest BCUT2D eigenvalue weighted by Gasteiger charge is 2.93. The number of hydrogen-bond donors (Lipinski definition) is 1. The van der Waals surface area contributed by atoms with Crippen LogP contribution in [0.4, 0.5) is 70.2 Å². The maximum atomic E-state index is 14.1. The van der Waals surface area contributed by atoms with Crippen LogP contribution in [0.2, 0.25) is 0 Å². The Hall–Kier alpha value is -1.95. The van der Waals surface area contributed by atoms with Gasteiger partial charge in [0.25, 0.3) is 0 Å². The van der Waals surface area contributed by atoms with E-state index in [0.29, 0.717) is 12.8 Å². The zero-order valence-corrected chi connectivity index (χ0v) is 26.0. The van der Waals surface area contributed by atoms with Gasteiger partial charge in [-0.2, -0.15) is 61.5 Å². The molecule has 0 spiro atoms. The Morgan fingerprint density at radius 1 is 0.633 bits per heavy atom. The molecule has 7 nitrogen and oxygen atoms in total. The minimum absolute atomic E-state index is 0.264. The van der Waals surface area contributed by atoms with Crippen molar-refractivity contribution in [1.29, 1.82) is 0 Å². The molecule has 0 aromatic carbocycles. The lowest BCUT2D eigenvalue weighted by Crippen LogP contribution is -2.74. The van der Waals surface area contributed by atoms with Gasteiger partial charge in [0.15, 0.2) is 6.61 Å². The molecule has 1 atom stereocenters. The lowest BCUT2D eigenvalue weighted by atomic mass is 9.89. The Balaban J connectivity index is 5.50. The molecule has 1 N–H and O–H groups in total. The van der Waals surface area contributed by atoms with Gasteiger partial charge >= 0.3 is 59.8 Å². The fraction of sp³-hybridized carbons (Fsp3) is 0.920. The Kier molecular flexibility index (Phi) is 18.3. The summed E-state index contributed by atoms with van der Waals surface area (Å²) >= 11 is -0.467. The van der Waals surface area contributed by atoms with Crippen LogP contribution in [0.1, 0.15) is 77.6 Å². The van der Waals surface area contributed by atoms with E-state index < -0.39 is 90.1 Å². The van der Waals surface area contributed by atoms with Crippen molar-refractivity contribution in [3.8, 4) is 0 Å². The zero-order chi connectivity index (χ0) is 38.5. The Labute approximate surface area is 272 Å². The second-order valence-electron chi connectivity index (χ2n) is 10.4. The van der Waals surface area contributed by atoms with E-state index >= 15 is 0 Å². The standard InChI is InChI=1S/C25H32F16O7S/c1-2-3-4-5-6-7-8-9-10-11-12-45-16(42)13-15(49-48-47-44)17(43)46-14-19(28,29)21(32,33)23(36,37)25(40,41)24(38,39)22(34,35)20(30,31)18(26)27/h15,18,44H,2-14H2,1H3. The van der Waals surface area contributed by atoms with E-state index in [4.69, 9.17) is 9.99 Å². The summed E-state index contributed by atoms with van der Waals surface area (Å²) in [6, 6.07) is 0. The van der Waals surface area contributed by atoms with Gasteiger partial charge < -0.3 is 9.47 Å². The molecule has 24 heteroatoms. The molecule has 0 bridgehead atoms. The molecule has 0 aliphatic heterocycles. The Morgan fingerprint density at radius 2 is 1.06 bits per heavy atom. The highest BCUT2D eigenvalue weighted by molar-refractivity contribution is 7.95. The molecule has 0 aromatic rings. The van der Waals surface area contributed by atoms with Crippen molar-refractivity contribution in [3.63, 3.8) is 0 Å². The Bertz CT molecular complexity index is 1020. The van der Waals surface area contributed by atoms with Gasteiger partial charge in [-0.25, -0.2) is 14.0 Å². The predicted octanol–water partition coefficient (Wildman–Crippen LogP) is 9.53. The van der Waals surface area contributed by atoms with Crippen LogP contribution in [0, 0.1) is 0 Å². The van der Waals surface area contributed by atoms with Crippen LogP contribution in [0.3, 0.4) is 0 Å². The molecule has 0 fully saturated rings. The summed E-state index contributed by atoms with van der Waals surface area (Å²) in [5.41, 5.74) is 0. The van der Waals surface area contributed by atoms with Crippen molar-refractivity contribution in [2.75, 3.05) is 13.2 Å². The van der Waals surface area contributed by atoms with Crippen LogP contribution >= 0.6 is 12.0 Å². The van der Waals surface area contributed by atoms with Gasteiger partial charge in [0.2, 0.25) is 0 Å². The molecule has 0 radical (unpaired) electrons. The lowest BCUT2D eigenvalue weighted by Gasteiger charge is -2.42. The summed E-state index contributed by atoms with van der Waals surface area (Å²) in [5.74, 6) is -59.9. The first-order chi connectivity index (χ1) is 22.2. The van der Waals surface area contributed by atoms with Crippen molar-refractivity contribution in [2.24, 2.45) is 0 Å². The smallest absolute Gasteiger partial charge is 0.385 e. The molecule has 0 aromatic heterocycles. The van der Waals surface area contributed by atoms with E-state index in [-0.39, 0.29) is 6.61 Å². The van der Waals surface area contributed by atoms with Gasteiger partial charge in [-0.1, -0.05) is 69.7 Å². The number of ether oxygens (including phenoxy) is 2. The summed E-state index contributed by atoms with van der Waals surface area (Å²) in [7, 11) is 0. The number of hydrogen-bond acceptors (Lipinski definition) is 8. The molecule has 49 heavy (non-hydrogen) atoms. The minimum Gasteiger partial charge on any atom is -0.466 e. The van der Waals surface area contributed by atoms with Crippen molar-refractivity contribution in [3.05, 3.63) is 0 Å². The van der Waals surface area contributed by atoms with E-state index in [1.54, 1.807) is 0 Å². The Morgan fingerprint density at radius 3 is 1.51 bits per heavy atom. The van der Waals surface area contributed by atoms with Gasteiger partial charge in [0, 0.05) is 0 Å². The second-order valence-corrected chi connectivity index (χ2v) is 11.3. The van der Waals surface area contributed by atoms with Crippen LogP contribution in [-0.2, 0) is 28.4 Å². The topological polar surface area (TPSA) is 91.3 Å². The van der Waals surface area contributed by atoms with Crippen LogP contribution in [0.15, 0.2) is 0 Å². The van der Waals surface area contributed by atoms with Crippen molar-refractivity contribution in [2.45, 2.75) is 131 Å². The van der Waals surface area contributed by atoms with Crippen molar-refractivity contribution in [1.82, 2.24) is 0 Å². The van der Waals surface area contributed by atoms with E-state index in [2.05, 4.69) is 21.0 Å². The quantitative estimate of drug-likeness (QED) is 0.0232. The fourth-order valence-electron chi connectivity index (χ4n) is 3.72. The first-order valence-electron chi connectivity index (χ1n) is 14.1. The van der Waals surface area contributed by atoms with Gasteiger partial charge in [0.05, 0.1) is 25.1 Å². The molecule has 0 aliphatic rings. The maximum Gasteiger partial charge on any atom is 0.385 e. The predicted molar refractivity (Wildman–Crippen MR) is 135 cm³/mol. The maximum absolute atomic E-state index is 14.1. The number of carbonyl (C=O) groups excluding carboxylic acids is 2. The van der Waals surface area contributed by atoms with Crippen molar-refractivity contribution < 1.29 is 104 Å². The summed E-state index contributed by atoms with van der Waals surface area (Å²) in [6.45, 7) is -1.65. The molecule has 0 heterocycles. The molecule has 0 amide bonds. The average Bonchev–Trinajstić information content (AvgIpc) is 2.99. The molecule has 0 saturated carbocycles. The molecule has 1 unspecified atom stereocenters. The largest absolute Gasteiger partial charge is 0.466 e. The number of carbonyl (C=O) groups is 2. The average molecular weight is 781 g/mol. The number of rotatable bonds is 26. The molecule has 0 rings (SSSR count). The monoisotopic (exact) mass is 780 g/mol. The van der Waals surface area contributed by atoms with Gasteiger partial charge in [-0.05, 0) is 6.42 Å². The van der Waals surface area contributed by atoms with E-state index in [0.717, 1.165) is 51.4 Å². The van der Waals surface area contributed by atoms with Crippen LogP contribution < -0.4 is 0 Å². The molecule has 0 saturated heterocycles. The molecular weight excluding hydrogens is 748 g/mol. The van der Waals surface area contributed by atoms with E-state index in [1.807, 2.05) is 0 Å². The highest BCUT2D eigenvalue weighted by atomic mass is 32.2. The molecule has 292 valence electrons. The van der Waals surface area contributed by atoms with Gasteiger partial charge in [0.1, 0.15) is 5.25 Å². The van der Waals surface area contributed by atoms with Crippen molar-refractivity contribution >= 4 is 24.0 Å². The first-order valence-corrected chi connectivity index (χ1v) is 14.9.